The van der Waals surface area contributed by atoms with Crippen molar-refractivity contribution < 1.29 is 0 Å². The zero-order valence-corrected chi connectivity index (χ0v) is 6.08. The number of hydrogen-bond acceptors (Lipinski definition) is 2. The third-order valence-electron chi connectivity index (χ3n) is 1.86. The zero-order chi connectivity index (χ0) is 5.98. The summed E-state index contributed by atoms with van der Waals surface area (Å²) in [5.41, 5.74) is 5.70. The summed E-state index contributed by atoms with van der Waals surface area (Å²) in [5.74, 6) is 2.10. The molecule has 2 N–H and O–H groups in total. The van der Waals surface area contributed by atoms with Crippen molar-refractivity contribution in [1.82, 2.24) is 0 Å². The van der Waals surface area contributed by atoms with E-state index in [-0.39, 0.29) is 0 Å². The van der Waals surface area contributed by atoms with E-state index in [1.165, 1.54) is 18.6 Å². The molecule has 8 heavy (non-hydrogen) atoms. The van der Waals surface area contributed by atoms with Gasteiger partial charge in [-0.15, -0.1) is 0 Å². The van der Waals surface area contributed by atoms with Gasteiger partial charge in [0.15, 0.2) is 0 Å². The lowest BCUT2D eigenvalue weighted by molar-refractivity contribution is 0.288. The second-order valence-corrected chi connectivity index (χ2v) is 3.37. The van der Waals surface area contributed by atoms with E-state index in [0.717, 1.165) is 5.92 Å². The molecule has 0 aliphatic heterocycles. The summed E-state index contributed by atoms with van der Waals surface area (Å²) >= 11 is 1.91. The second-order valence-electron chi connectivity index (χ2n) is 2.46. The van der Waals surface area contributed by atoms with Crippen LogP contribution < -0.4 is 5.73 Å². The summed E-state index contributed by atoms with van der Waals surface area (Å²) in [4.78, 5) is 0. The SMILES string of the molecule is CSCC1CCC1N. The molecule has 1 aliphatic rings. The van der Waals surface area contributed by atoms with Crippen LogP contribution in [0.25, 0.3) is 0 Å². The van der Waals surface area contributed by atoms with Gasteiger partial charge in [-0.25, -0.2) is 0 Å². The van der Waals surface area contributed by atoms with Crippen LogP contribution in [0.15, 0.2) is 0 Å². The van der Waals surface area contributed by atoms with Gasteiger partial charge in [0, 0.05) is 6.04 Å². The van der Waals surface area contributed by atoms with Gasteiger partial charge in [0.1, 0.15) is 0 Å². The Bertz CT molecular complexity index is 74.9. The van der Waals surface area contributed by atoms with E-state index in [4.69, 9.17) is 5.73 Å². The molecule has 2 atom stereocenters. The minimum absolute atomic E-state index is 0.530. The Morgan fingerprint density at radius 3 is 2.50 bits per heavy atom. The predicted molar refractivity (Wildman–Crippen MR) is 39.1 cm³/mol. The number of thioether (sulfide) groups is 1. The van der Waals surface area contributed by atoms with Crippen LogP contribution in [-0.2, 0) is 0 Å². The first-order valence-electron chi connectivity index (χ1n) is 3.09. The fourth-order valence-corrected chi connectivity index (χ4v) is 1.86. The molecule has 0 heterocycles. The topological polar surface area (TPSA) is 26.0 Å². The largest absolute Gasteiger partial charge is 0.327 e. The molecule has 0 saturated heterocycles. The second kappa shape index (κ2) is 2.74. The predicted octanol–water partition coefficient (Wildman–Crippen LogP) is 1.09. The van der Waals surface area contributed by atoms with Gasteiger partial charge in [0.05, 0.1) is 0 Å². The first kappa shape index (κ1) is 6.43. The summed E-state index contributed by atoms with van der Waals surface area (Å²) in [6.45, 7) is 0. The monoisotopic (exact) mass is 131 g/mol. The Hall–Kier alpha value is 0.310. The van der Waals surface area contributed by atoms with Crippen LogP contribution in [-0.4, -0.2) is 18.1 Å². The molecule has 1 saturated carbocycles. The Kier molecular flexibility index (Phi) is 2.20. The quantitative estimate of drug-likeness (QED) is 0.607. The van der Waals surface area contributed by atoms with Crippen molar-refractivity contribution in [1.29, 1.82) is 0 Å². The van der Waals surface area contributed by atoms with Crippen molar-refractivity contribution in [3.05, 3.63) is 0 Å². The highest BCUT2D eigenvalue weighted by molar-refractivity contribution is 7.98. The van der Waals surface area contributed by atoms with Crippen LogP contribution in [0.1, 0.15) is 12.8 Å². The van der Waals surface area contributed by atoms with Gasteiger partial charge in [-0.3, -0.25) is 0 Å². The lowest BCUT2D eigenvalue weighted by Gasteiger charge is -2.32. The third-order valence-corrected chi connectivity index (χ3v) is 2.62. The lowest BCUT2D eigenvalue weighted by Crippen LogP contribution is -2.40. The molecule has 48 valence electrons. The maximum Gasteiger partial charge on any atom is 0.00751 e. The minimum atomic E-state index is 0.530. The Balaban J connectivity index is 2.08. The van der Waals surface area contributed by atoms with Crippen molar-refractivity contribution in [2.75, 3.05) is 12.0 Å². The van der Waals surface area contributed by atoms with Crippen molar-refractivity contribution in [3.63, 3.8) is 0 Å². The zero-order valence-electron chi connectivity index (χ0n) is 5.26. The van der Waals surface area contributed by atoms with Gasteiger partial charge in [0.2, 0.25) is 0 Å². The molecule has 0 aromatic rings. The molecule has 2 heteroatoms. The van der Waals surface area contributed by atoms with Crippen LogP contribution in [0, 0.1) is 5.92 Å². The Labute approximate surface area is 55.0 Å². The maximum atomic E-state index is 5.70. The highest BCUT2D eigenvalue weighted by Gasteiger charge is 2.25. The van der Waals surface area contributed by atoms with E-state index in [9.17, 15) is 0 Å². The maximum absolute atomic E-state index is 5.70. The Morgan fingerprint density at radius 2 is 2.38 bits per heavy atom. The van der Waals surface area contributed by atoms with Crippen LogP contribution in [0.4, 0.5) is 0 Å². The molecule has 2 unspecified atom stereocenters. The van der Waals surface area contributed by atoms with Gasteiger partial charge in [0.25, 0.3) is 0 Å². The van der Waals surface area contributed by atoms with Crippen LogP contribution >= 0.6 is 11.8 Å². The summed E-state index contributed by atoms with van der Waals surface area (Å²) in [6, 6.07) is 0.530. The van der Waals surface area contributed by atoms with Crippen LogP contribution in [0.5, 0.6) is 0 Å². The van der Waals surface area contributed by atoms with Gasteiger partial charge in [-0.1, -0.05) is 0 Å². The van der Waals surface area contributed by atoms with Crippen LogP contribution in [0.3, 0.4) is 0 Å². The highest BCUT2D eigenvalue weighted by Crippen LogP contribution is 2.27. The van der Waals surface area contributed by atoms with Gasteiger partial charge >= 0.3 is 0 Å². The standard InChI is InChI=1S/C6H13NS/c1-8-4-5-2-3-6(5)7/h5-6H,2-4,7H2,1H3. The summed E-state index contributed by atoms with van der Waals surface area (Å²) in [5, 5.41) is 0. The van der Waals surface area contributed by atoms with E-state index in [1.54, 1.807) is 0 Å². The van der Waals surface area contributed by atoms with Crippen molar-refractivity contribution in [2.45, 2.75) is 18.9 Å². The normalized spacial score (nSPS) is 36.8. The molecular weight excluding hydrogens is 118 g/mol. The molecule has 0 radical (unpaired) electrons. The fourth-order valence-electron chi connectivity index (χ4n) is 1.02. The Morgan fingerprint density at radius 1 is 1.62 bits per heavy atom. The minimum Gasteiger partial charge on any atom is -0.327 e. The van der Waals surface area contributed by atoms with E-state index < -0.39 is 0 Å². The van der Waals surface area contributed by atoms with Crippen LogP contribution in [0.2, 0.25) is 0 Å². The van der Waals surface area contributed by atoms with Crippen molar-refractivity contribution in [2.24, 2.45) is 11.7 Å². The van der Waals surface area contributed by atoms with Crippen molar-refractivity contribution in [3.8, 4) is 0 Å². The average Bonchev–Trinajstić information content (AvgIpc) is 1.79. The summed E-state index contributed by atoms with van der Waals surface area (Å²) < 4.78 is 0. The number of nitrogens with two attached hydrogens (primary N) is 1. The molecule has 1 fully saturated rings. The van der Waals surface area contributed by atoms with Gasteiger partial charge in [-0.05, 0) is 30.8 Å². The molecule has 1 nitrogen and oxygen atoms in total. The van der Waals surface area contributed by atoms with E-state index >= 15 is 0 Å². The third kappa shape index (κ3) is 1.17. The summed E-state index contributed by atoms with van der Waals surface area (Å²) in [6.07, 6.45) is 4.76. The molecule has 0 aromatic heterocycles. The average molecular weight is 131 g/mol. The molecule has 0 amide bonds. The van der Waals surface area contributed by atoms with Gasteiger partial charge in [-0.2, -0.15) is 11.8 Å². The fraction of sp³-hybridized carbons (Fsp3) is 1.00. The van der Waals surface area contributed by atoms with Crippen molar-refractivity contribution >= 4 is 11.8 Å². The summed E-state index contributed by atoms with van der Waals surface area (Å²) in [7, 11) is 0. The van der Waals surface area contributed by atoms with E-state index in [2.05, 4.69) is 6.26 Å². The van der Waals surface area contributed by atoms with E-state index in [0.29, 0.717) is 6.04 Å². The number of hydrogen-bond donors (Lipinski definition) is 1. The number of rotatable bonds is 2. The molecule has 1 rings (SSSR count). The van der Waals surface area contributed by atoms with E-state index in [1.807, 2.05) is 11.8 Å². The smallest absolute Gasteiger partial charge is 0.00751 e. The first-order valence-corrected chi connectivity index (χ1v) is 4.48. The molecule has 0 aromatic carbocycles. The molecule has 0 bridgehead atoms. The molecule has 0 spiro atoms. The molecule has 1 aliphatic carbocycles. The first-order chi connectivity index (χ1) is 3.84. The molecular formula is C6H13NS. The lowest BCUT2D eigenvalue weighted by atomic mass is 9.82. The van der Waals surface area contributed by atoms with Gasteiger partial charge < -0.3 is 5.73 Å². The highest BCUT2D eigenvalue weighted by atomic mass is 32.2.